The number of benzene rings is 2. The Morgan fingerprint density at radius 2 is 1.61 bits per heavy atom. The molecule has 2 N–H and O–H groups in total. The number of rotatable bonds is 6. The molecule has 1 saturated heterocycles. The Morgan fingerprint density at radius 1 is 0.935 bits per heavy atom. The number of carboxylic acids is 1. The van der Waals surface area contributed by atoms with Gasteiger partial charge in [0.05, 0.1) is 16.1 Å². The summed E-state index contributed by atoms with van der Waals surface area (Å²) >= 11 is 0. The molecule has 2 aromatic carbocycles. The Balaban J connectivity index is 1.49. The van der Waals surface area contributed by atoms with E-state index in [1.807, 2.05) is 0 Å². The van der Waals surface area contributed by atoms with E-state index in [1.165, 1.54) is 50.3 Å². The van der Waals surface area contributed by atoms with Crippen LogP contribution in [0.4, 0.5) is 11.4 Å². The zero-order valence-corrected chi connectivity index (χ0v) is 18.4. The van der Waals surface area contributed by atoms with Crippen LogP contribution in [0, 0.1) is 0 Å². The van der Waals surface area contributed by atoms with Crippen LogP contribution in [0.3, 0.4) is 0 Å². The summed E-state index contributed by atoms with van der Waals surface area (Å²) in [5.74, 6) is -1.06. The molecule has 2 aromatic rings. The predicted octanol–water partition coefficient (Wildman–Crippen LogP) is 3.64. The van der Waals surface area contributed by atoms with Crippen LogP contribution >= 0.6 is 0 Å². The molecule has 1 saturated carbocycles. The molecule has 2 aliphatic rings. The van der Waals surface area contributed by atoms with Crippen molar-refractivity contribution in [2.75, 3.05) is 35.8 Å². The molecular weight excluding hydrogens is 414 g/mol. The van der Waals surface area contributed by atoms with E-state index in [1.54, 1.807) is 30.3 Å². The third-order valence-corrected chi connectivity index (χ3v) is 7.68. The maximum Gasteiger partial charge on any atom is 0.337 e. The van der Waals surface area contributed by atoms with Gasteiger partial charge in [-0.15, -0.1) is 0 Å². The number of hydrogen-bond acceptors (Lipinski definition) is 5. The summed E-state index contributed by atoms with van der Waals surface area (Å²) in [5.41, 5.74) is 0.990. The van der Waals surface area contributed by atoms with Crippen molar-refractivity contribution in [3.05, 3.63) is 54.1 Å². The quantitative estimate of drug-likeness (QED) is 0.709. The summed E-state index contributed by atoms with van der Waals surface area (Å²) in [6, 6.07) is 13.4. The molecule has 0 spiro atoms. The highest BCUT2D eigenvalue weighted by atomic mass is 32.2. The van der Waals surface area contributed by atoms with Crippen LogP contribution < -0.4 is 9.62 Å². The molecule has 0 radical (unpaired) electrons. The molecule has 1 heterocycles. The van der Waals surface area contributed by atoms with Crippen molar-refractivity contribution < 1.29 is 18.3 Å². The maximum absolute atomic E-state index is 12.6. The third-order valence-electron chi connectivity index (χ3n) is 6.28. The van der Waals surface area contributed by atoms with Gasteiger partial charge in [-0.25, -0.2) is 13.2 Å². The van der Waals surface area contributed by atoms with Gasteiger partial charge >= 0.3 is 5.97 Å². The number of nitrogens with one attached hydrogen (secondary N) is 1. The summed E-state index contributed by atoms with van der Waals surface area (Å²) in [4.78, 5) is 16.7. The van der Waals surface area contributed by atoms with Gasteiger partial charge in [-0.1, -0.05) is 37.5 Å². The number of piperazine rings is 1. The van der Waals surface area contributed by atoms with Gasteiger partial charge in [-0.05, 0) is 43.2 Å². The molecule has 8 heteroatoms. The molecule has 0 unspecified atom stereocenters. The van der Waals surface area contributed by atoms with Crippen molar-refractivity contribution in [1.82, 2.24) is 4.90 Å². The summed E-state index contributed by atoms with van der Waals surface area (Å²) in [6.07, 6.45) is 6.45. The maximum atomic E-state index is 12.6. The highest BCUT2D eigenvalue weighted by Crippen LogP contribution is 2.29. The van der Waals surface area contributed by atoms with E-state index < -0.39 is 16.0 Å². The van der Waals surface area contributed by atoms with E-state index in [4.69, 9.17) is 0 Å². The minimum absolute atomic E-state index is 0.111. The van der Waals surface area contributed by atoms with Crippen LogP contribution in [0.25, 0.3) is 0 Å². The van der Waals surface area contributed by atoms with Crippen LogP contribution in [0.15, 0.2) is 53.4 Å². The third kappa shape index (κ3) is 5.02. The minimum atomic E-state index is -3.78. The Bertz CT molecular complexity index is 1010. The van der Waals surface area contributed by atoms with Gasteiger partial charge in [0.25, 0.3) is 10.0 Å². The highest BCUT2D eigenvalue weighted by molar-refractivity contribution is 7.92. The van der Waals surface area contributed by atoms with Crippen LogP contribution in [0.5, 0.6) is 0 Å². The van der Waals surface area contributed by atoms with Gasteiger partial charge in [0.15, 0.2) is 0 Å². The van der Waals surface area contributed by atoms with Crippen LogP contribution in [-0.2, 0) is 10.0 Å². The SMILES string of the molecule is O=C(O)c1cc(NS(=O)(=O)c2ccccc2)ccc1N1CCN(C2CCCCC2)CC1. The van der Waals surface area contributed by atoms with Gasteiger partial charge in [0, 0.05) is 37.9 Å². The number of anilines is 2. The van der Waals surface area contributed by atoms with Crippen molar-refractivity contribution in [2.45, 2.75) is 43.0 Å². The number of hydrogen-bond donors (Lipinski definition) is 2. The van der Waals surface area contributed by atoms with Gasteiger partial charge in [-0.3, -0.25) is 9.62 Å². The number of carbonyl (C=O) groups is 1. The van der Waals surface area contributed by atoms with Crippen molar-refractivity contribution in [3.8, 4) is 0 Å². The highest BCUT2D eigenvalue weighted by Gasteiger charge is 2.27. The number of nitrogens with zero attached hydrogens (tertiary/aromatic N) is 2. The molecule has 166 valence electrons. The zero-order valence-electron chi connectivity index (χ0n) is 17.5. The van der Waals surface area contributed by atoms with E-state index in [0.29, 0.717) is 11.7 Å². The average Bonchev–Trinajstić information content (AvgIpc) is 2.80. The molecular formula is C23H29N3O4S. The molecule has 4 rings (SSSR count). The van der Waals surface area contributed by atoms with Crippen LogP contribution in [0.1, 0.15) is 42.5 Å². The zero-order chi connectivity index (χ0) is 21.8. The molecule has 0 atom stereocenters. The molecule has 0 amide bonds. The van der Waals surface area contributed by atoms with Gasteiger partial charge in [-0.2, -0.15) is 0 Å². The van der Waals surface area contributed by atoms with Crippen LogP contribution in [-0.4, -0.2) is 56.6 Å². The second-order valence-corrected chi connectivity index (χ2v) is 9.95. The Labute approximate surface area is 183 Å². The normalized spacial score (nSPS) is 18.6. The summed E-state index contributed by atoms with van der Waals surface area (Å²) in [5, 5.41) is 9.78. The topological polar surface area (TPSA) is 89.9 Å². The van der Waals surface area contributed by atoms with E-state index >= 15 is 0 Å². The molecule has 0 bridgehead atoms. The van der Waals surface area contributed by atoms with E-state index in [0.717, 1.165) is 26.2 Å². The minimum Gasteiger partial charge on any atom is -0.478 e. The second-order valence-electron chi connectivity index (χ2n) is 8.27. The van der Waals surface area contributed by atoms with Gasteiger partial charge in [0.2, 0.25) is 0 Å². The first kappa shape index (κ1) is 21.6. The number of aromatic carboxylic acids is 1. The van der Waals surface area contributed by atoms with E-state index in [2.05, 4.69) is 14.5 Å². The number of carboxylic acid groups (broad SMARTS) is 1. The monoisotopic (exact) mass is 443 g/mol. The lowest BCUT2D eigenvalue weighted by molar-refractivity contribution is 0.0697. The van der Waals surface area contributed by atoms with Crippen molar-refractivity contribution in [1.29, 1.82) is 0 Å². The fraction of sp³-hybridized carbons (Fsp3) is 0.435. The lowest BCUT2D eigenvalue weighted by Crippen LogP contribution is -2.51. The van der Waals surface area contributed by atoms with Crippen molar-refractivity contribution in [2.24, 2.45) is 0 Å². The van der Waals surface area contributed by atoms with E-state index in [9.17, 15) is 18.3 Å². The standard InChI is InChI=1S/C23H29N3O4S/c27-23(28)21-17-18(24-31(29,30)20-9-5-2-6-10-20)11-12-22(21)26-15-13-25(14-16-26)19-7-3-1-4-8-19/h2,5-6,9-12,17,19,24H,1,3-4,7-8,13-16H2,(H,27,28). The Hall–Kier alpha value is -2.58. The molecule has 1 aliphatic heterocycles. The number of sulfonamides is 1. The Kier molecular flexibility index (Phi) is 6.48. The van der Waals surface area contributed by atoms with Gasteiger partial charge in [0.1, 0.15) is 0 Å². The first-order valence-electron chi connectivity index (χ1n) is 10.9. The largest absolute Gasteiger partial charge is 0.478 e. The van der Waals surface area contributed by atoms with Crippen molar-refractivity contribution >= 4 is 27.4 Å². The molecule has 1 aliphatic carbocycles. The summed E-state index contributed by atoms with van der Waals surface area (Å²) in [6.45, 7) is 3.38. The second kappa shape index (κ2) is 9.28. The summed E-state index contributed by atoms with van der Waals surface area (Å²) < 4.78 is 27.7. The molecule has 7 nitrogen and oxygen atoms in total. The lowest BCUT2D eigenvalue weighted by atomic mass is 9.94. The predicted molar refractivity (Wildman–Crippen MR) is 121 cm³/mol. The van der Waals surface area contributed by atoms with Crippen molar-refractivity contribution in [3.63, 3.8) is 0 Å². The molecule has 0 aromatic heterocycles. The lowest BCUT2D eigenvalue weighted by Gasteiger charge is -2.41. The fourth-order valence-electron chi connectivity index (χ4n) is 4.63. The molecule has 31 heavy (non-hydrogen) atoms. The fourth-order valence-corrected chi connectivity index (χ4v) is 5.71. The smallest absolute Gasteiger partial charge is 0.337 e. The van der Waals surface area contributed by atoms with Crippen LogP contribution in [0.2, 0.25) is 0 Å². The first-order chi connectivity index (χ1) is 14.9. The van der Waals surface area contributed by atoms with E-state index in [-0.39, 0.29) is 16.1 Å². The van der Waals surface area contributed by atoms with Gasteiger partial charge < -0.3 is 10.0 Å². The molecule has 2 fully saturated rings. The summed E-state index contributed by atoms with van der Waals surface area (Å²) in [7, 11) is -3.78. The first-order valence-corrected chi connectivity index (χ1v) is 12.4. The average molecular weight is 444 g/mol. The Morgan fingerprint density at radius 3 is 2.26 bits per heavy atom.